The highest BCUT2D eigenvalue weighted by Gasteiger charge is 2.24. The van der Waals surface area contributed by atoms with Gasteiger partial charge in [0.2, 0.25) is 0 Å². The summed E-state index contributed by atoms with van der Waals surface area (Å²) in [5, 5.41) is 9.17. The number of halogens is 1. The average Bonchev–Trinajstić information content (AvgIpc) is 2.88. The summed E-state index contributed by atoms with van der Waals surface area (Å²) in [6.07, 6.45) is 1.47. The van der Waals surface area contributed by atoms with E-state index in [1.807, 2.05) is 6.07 Å². The second kappa shape index (κ2) is 4.82. The summed E-state index contributed by atoms with van der Waals surface area (Å²) in [6, 6.07) is 1.89. The molecule has 0 aliphatic carbocycles. The summed E-state index contributed by atoms with van der Waals surface area (Å²) in [5.41, 5.74) is 5.72. The van der Waals surface area contributed by atoms with E-state index in [-0.39, 0.29) is 20.7 Å². The van der Waals surface area contributed by atoms with Gasteiger partial charge in [-0.3, -0.25) is 0 Å². The molecule has 1 fully saturated rings. The molecule has 1 saturated heterocycles. The summed E-state index contributed by atoms with van der Waals surface area (Å²) in [5.74, 6) is 0.0774. The molecular weight excluding hydrogens is 262 g/mol. The highest BCUT2D eigenvalue weighted by atomic mass is 35.5. The third-order valence-electron chi connectivity index (χ3n) is 2.52. The van der Waals surface area contributed by atoms with E-state index in [0.717, 1.165) is 24.2 Å². The number of nitrogen functional groups attached to an aromatic ring is 1. The quantitative estimate of drug-likeness (QED) is 0.851. The molecule has 1 aromatic rings. The molecule has 1 aliphatic rings. The predicted octanol–water partition coefficient (Wildman–Crippen LogP) is 2.45. The Bertz CT molecular complexity index is 488. The van der Waals surface area contributed by atoms with E-state index >= 15 is 0 Å². The number of hydrogen-bond donors (Lipinski definition) is 1. The Morgan fingerprint density at radius 1 is 1.53 bits per heavy atom. The highest BCUT2D eigenvalue weighted by Crippen LogP contribution is 2.41. The molecule has 1 aromatic heterocycles. The van der Waals surface area contributed by atoms with Gasteiger partial charge in [0.1, 0.15) is 21.0 Å². The van der Waals surface area contributed by atoms with Gasteiger partial charge < -0.3 is 15.4 Å². The number of anilines is 1. The Kier molecular flexibility index (Phi) is 3.41. The van der Waals surface area contributed by atoms with Crippen LogP contribution in [0.3, 0.4) is 0 Å². The molecule has 0 aromatic carbocycles. The van der Waals surface area contributed by atoms with Crippen LogP contribution in [0.25, 0.3) is 0 Å². The molecule has 1 amide bonds. The summed E-state index contributed by atoms with van der Waals surface area (Å²) in [6.45, 7) is 1.36. The van der Waals surface area contributed by atoms with Crippen LogP contribution in [0.15, 0.2) is 0 Å². The first-order valence-electron chi connectivity index (χ1n) is 5.08. The fraction of sp³-hybridized carbons (Fsp3) is 0.400. The van der Waals surface area contributed by atoms with Crippen LogP contribution in [-0.2, 0) is 0 Å². The van der Waals surface area contributed by atoms with Gasteiger partial charge in [-0.25, -0.2) is 4.79 Å². The molecule has 2 rings (SSSR count). The topological polar surface area (TPSA) is 79.4 Å². The van der Waals surface area contributed by atoms with E-state index in [1.54, 1.807) is 4.90 Å². The maximum Gasteiger partial charge on any atom is 0.415 e. The highest BCUT2D eigenvalue weighted by molar-refractivity contribution is 7.20. The minimum absolute atomic E-state index is 0.0774. The molecule has 2 N–H and O–H groups in total. The number of rotatable bonds is 1. The molecule has 0 atom stereocenters. The molecule has 0 saturated carbocycles. The lowest BCUT2D eigenvalue weighted by molar-refractivity contribution is 0.163. The van der Waals surface area contributed by atoms with Crippen LogP contribution in [0.4, 0.5) is 9.80 Å². The molecule has 90 valence electrons. The Balaban J connectivity index is 2.18. The van der Waals surface area contributed by atoms with Gasteiger partial charge in [0, 0.05) is 13.1 Å². The van der Waals surface area contributed by atoms with Crippen molar-refractivity contribution in [1.82, 2.24) is 4.90 Å². The predicted molar refractivity (Wildman–Crippen MR) is 65.3 cm³/mol. The van der Waals surface area contributed by atoms with E-state index in [0.29, 0.717) is 13.1 Å². The van der Waals surface area contributed by atoms with Crippen molar-refractivity contribution in [2.45, 2.75) is 12.8 Å². The fourth-order valence-electron chi connectivity index (χ4n) is 1.65. The Labute approximate surface area is 107 Å². The summed E-state index contributed by atoms with van der Waals surface area (Å²) in [7, 11) is 0. The van der Waals surface area contributed by atoms with Crippen LogP contribution in [-0.4, -0.2) is 24.1 Å². The molecule has 17 heavy (non-hydrogen) atoms. The standard InChI is InChI=1S/C10H10ClN3O2S/c11-8-7(6(5-12)9(13)17-8)16-10(15)14-3-1-2-4-14/h1-4,13H2. The number of nitrogens with zero attached hydrogens (tertiary/aromatic N) is 2. The number of amides is 1. The fourth-order valence-corrected chi connectivity index (χ4v) is 2.71. The summed E-state index contributed by atoms with van der Waals surface area (Å²) in [4.78, 5) is 13.3. The average molecular weight is 272 g/mol. The van der Waals surface area contributed by atoms with E-state index in [1.165, 1.54) is 0 Å². The van der Waals surface area contributed by atoms with E-state index in [4.69, 9.17) is 27.3 Å². The first kappa shape index (κ1) is 12.0. The minimum atomic E-state index is -0.473. The number of thiophene rings is 1. The molecule has 2 heterocycles. The van der Waals surface area contributed by atoms with Gasteiger partial charge in [0.15, 0.2) is 5.75 Å². The number of hydrogen-bond acceptors (Lipinski definition) is 5. The Morgan fingerprint density at radius 2 is 2.18 bits per heavy atom. The van der Waals surface area contributed by atoms with Gasteiger partial charge in [0.05, 0.1) is 0 Å². The zero-order chi connectivity index (χ0) is 12.4. The maximum absolute atomic E-state index is 11.7. The smallest absolute Gasteiger partial charge is 0.406 e. The number of carbonyl (C=O) groups is 1. The number of nitrogens with two attached hydrogens (primary N) is 1. The van der Waals surface area contributed by atoms with Crippen molar-refractivity contribution >= 4 is 34.0 Å². The Morgan fingerprint density at radius 3 is 2.76 bits per heavy atom. The Hall–Kier alpha value is -1.45. The van der Waals surface area contributed by atoms with Crippen molar-refractivity contribution in [2.75, 3.05) is 18.8 Å². The molecule has 5 nitrogen and oxygen atoms in total. The second-order valence-electron chi connectivity index (χ2n) is 3.62. The van der Waals surface area contributed by atoms with Gasteiger partial charge in [-0.15, -0.1) is 11.3 Å². The number of likely N-dealkylation sites (tertiary alicyclic amines) is 1. The van der Waals surface area contributed by atoms with Crippen molar-refractivity contribution in [2.24, 2.45) is 0 Å². The summed E-state index contributed by atoms with van der Waals surface area (Å²) < 4.78 is 5.36. The van der Waals surface area contributed by atoms with Crippen molar-refractivity contribution in [3.05, 3.63) is 9.90 Å². The van der Waals surface area contributed by atoms with Gasteiger partial charge in [-0.05, 0) is 12.8 Å². The first-order chi connectivity index (χ1) is 8.13. The first-order valence-corrected chi connectivity index (χ1v) is 6.27. The van der Waals surface area contributed by atoms with E-state index in [2.05, 4.69) is 0 Å². The second-order valence-corrected chi connectivity index (χ2v) is 5.27. The van der Waals surface area contributed by atoms with Gasteiger partial charge in [-0.1, -0.05) is 11.6 Å². The van der Waals surface area contributed by atoms with Gasteiger partial charge in [0.25, 0.3) is 0 Å². The van der Waals surface area contributed by atoms with E-state index in [9.17, 15) is 4.79 Å². The molecule has 1 aliphatic heterocycles. The molecule has 0 radical (unpaired) electrons. The van der Waals surface area contributed by atoms with E-state index < -0.39 is 6.09 Å². The molecule has 0 spiro atoms. The largest absolute Gasteiger partial charge is 0.415 e. The molecule has 0 unspecified atom stereocenters. The van der Waals surface area contributed by atoms with Crippen LogP contribution in [0.1, 0.15) is 18.4 Å². The van der Waals surface area contributed by atoms with Crippen molar-refractivity contribution < 1.29 is 9.53 Å². The zero-order valence-corrected chi connectivity index (χ0v) is 10.5. The molecular formula is C10H10ClN3O2S. The van der Waals surface area contributed by atoms with Crippen molar-refractivity contribution in [1.29, 1.82) is 5.26 Å². The third-order valence-corrected chi connectivity index (χ3v) is 3.71. The van der Waals surface area contributed by atoms with Crippen LogP contribution in [0.5, 0.6) is 5.75 Å². The lowest BCUT2D eigenvalue weighted by Gasteiger charge is -2.14. The molecule has 7 heteroatoms. The third kappa shape index (κ3) is 2.30. The van der Waals surface area contributed by atoms with Crippen molar-refractivity contribution in [3.8, 4) is 11.8 Å². The van der Waals surface area contributed by atoms with Crippen LogP contribution in [0, 0.1) is 11.3 Å². The van der Waals surface area contributed by atoms with Gasteiger partial charge in [-0.2, -0.15) is 5.26 Å². The monoisotopic (exact) mass is 271 g/mol. The normalized spacial score (nSPS) is 14.7. The number of ether oxygens (including phenoxy) is 1. The zero-order valence-electron chi connectivity index (χ0n) is 8.90. The van der Waals surface area contributed by atoms with Crippen LogP contribution in [0.2, 0.25) is 4.34 Å². The van der Waals surface area contributed by atoms with Crippen molar-refractivity contribution in [3.63, 3.8) is 0 Å². The number of nitriles is 1. The van der Waals surface area contributed by atoms with Crippen LogP contribution < -0.4 is 10.5 Å². The number of carbonyl (C=O) groups excluding carboxylic acids is 1. The SMILES string of the molecule is N#Cc1c(N)sc(Cl)c1OC(=O)N1CCCC1. The lowest BCUT2D eigenvalue weighted by Crippen LogP contribution is -2.30. The lowest BCUT2D eigenvalue weighted by atomic mass is 10.3. The molecule has 0 bridgehead atoms. The minimum Gasteiger partial charge on any atom is -0.406 e. The summed E-state index contributed by atoms with van der Waals surface area (Å²) >= 11 is 6.90. The maximum atomic E-state index is 11.7. The van der Waals surface area contributed by atoms with Crippen LogP contribution >= 0.6 is 22.9 Å². The van der Waals surface area contributed by atoms with Gasteiger partial charge >= 0.3 is 6.09 Å².